The van der Waals surface area contributed by atoms with Crippen molar-refractivity contribution in [2.24, 2.45) is 0 Å². The Balaban J connectivity index is 1.91. The summed E-state index contributed by atoms with van der Waals surface area (Å²) in [5.74, 6) is 0. The maximum absolute atomic E-state index is 11.9. The van der Waals surface area contributed by atoms with Crippen LogP contribution in [-0.4, -0.2) is 66.0 Å². The van der Waals surface area contributed by atoms with E-state index in [0.29, 0.717) is 6.04 Å². The van der Waals surface area contributed by atoms with Gasteiger partial charge in [-0.2, -0.15) is 0 Å². The maximum Gasteiger partial charge on any atom is 0.319 e. The fourth-order valence-electron chi connectivity index (χ4n) is 2.39. The molecule has 1 fully saturated rings. The van der Waals surface area contributed by atoms with Crippen LogP contribution in [0.1, 0.15) is 18.7 Å². The number of amides is 2. The zero-order chi connectivity index (χ0) is 13.8. The van der Waals surface area contributed by atoms with Crippen LogP contribution < -0.4 is 0 Å². The van der Waals surface area contributed by atoms with Crippen molar-refractivity contribution in [2.75, 3.05) is 40.3 Å². The van der Waals surface area contributed by atoms with Gasteiger partial charge >= 0.3 is 6.03 Å². The average molecular weight is 262 g/mol. The molecule has 0 radical (unpaired) electrons. The molecule has 1 saturated heterocycles. The van der Waals surface area contributed by atoms with Crippen LogP contribution in [0.4, 0.5) is 4.79 Å². The first-order valence-electron chi connectivity index (χ1n) is 6.71. The first-order valence-corrected chi connectivity index (χ1v) is 6.71. The van der Waals surface area contributed by atoms with E-state index in [1.807, 2.05) is 23.2 Å². The van der Waals surface area contributed by atoms with Gasteiger partial charge < -0.3 is 9.80 Å². The van der Waals surface area contributed by atoms with E-state index in [4.69, 9.17) is 0 Å². The molecule has 0 saturated carbocycles. The van der Waals surface area contributed by atoms with Crippen LogP contribution in [0.15, 0.2) is 24.4 Å². The second-order valence-corrected chi connectivity index (χ2v) is 5.13. The van der Waals surface area contributed by atoms with Crippen LogP contribution in [0.3, 0.4) is 0 Å². The number of urea groups is 1. The van der Waals surface area contributed by atoms with Gasteiger partial charge in [0.05, 0.1) is 5.69 Å². The number of hydrogen-bond donors (Lipinski definition) is 0. The van der Waals surface area contributed by atoms with Gasteiger partial charge in [-0.3, -0.25) is 9.88 Å². The molecule has 0 spiro atoms. The lowest BCUT2D eigenvalue weighted by atomic mass is 10.1. The van der Waals surface area contributed by atoms with Crippen molar-refractivity contribution in [2.45, 2.75) is 13.0 Å². The summed E-state index contributed by atoms with van der Waals surface area (Å²) in [4.78, 5) is 22.2. The molecule has 19 heavy (non-hydrogen) atoms. The Hall–Kier alpha value is -1.62. The van der Waals surface area contributed by atoms with Crippen molar-refractivity contribution in [3.05, 3.63) is 30.1 Å². The molecule has 2 heterocycles. The number of pyridine rings is 1. The highest BCUT2D eigenvalue weighted by atomic mass is 16.2. The quantitative estimate of drug-likeness (QED) is 0.809. The molecule has 0 aromatic carbocycles. The molecule has 0 aliphatic carbocycles. The number of hydrogen-bond acceptors (Lipinski definition) is 3. The van der Waals surface area contributed by atoms with Gasteiger partial charge in [0.15, 0.2) is 0 Å². The highest BCUT2D eigenvalue weighted by Crippen LogP contribution is 2.19. The third-order valence-corrected chi connectivity index (χ3v) is 3.63. The number of piperazine rings is 1. The van der Waals surface area contributed by atoms with Crippen molar-refractivity contribution in [1.29, 1.82) is 0 Å². The summed E-state index contributed by atoms with van der Waals surface area (Å²) in [6.07, 6.45) is 1.83. The summed E-state index contributed by atoms with van der Waals surface area (Å²) in [6.45, 7) is 5.54. The van der Waals surface area contributed by atoms with Crippen molar-refractivity contribution in [3.63, 3.8) is 0 Å². The summed E-state index contributed by atoms with van der Waals surface area (Å²) in [6, 6.07) is 6.42. The Labute approximate surface area is 114 Å². The molecule has 1 aromatic heterocycles. The number of aromatic nitrogens is 1. The van der Waals surface area contributed by atoms with Crippen molar-refractivity contribution in [3.8, 4) is 0 Å². The highest BCUT2D eigenvalue weighted by molar-refractivity contribution is 5.73. The monoisotopic (exact) mass is 262 g/mol. The smallest absolute Gasteiger partial charge is 0.319 e. The number of carbonyl (C=O) groups is 1. The highest BCUT2D eigenvalue weighted by Gasteiger charge is 2.25. The van der Waals surface area contributed by atoms with Crippen molar-refractivity contribution in [1.82, 2.24) is 19.7 Å². The molecule has 2 rings (SSSR count). The van der Waals surface area contributed by atoms with Crippen LogP contribution >= 0.6 is 0 Å². The van der Waals surface area contributed by atoms with E-state index in [1.165, 1.54) is 0 Å². The van der Waals surface area contributed by atoms with E-state index in [9.17, 15) is 4.79 Å². The van der Waals surface area contributed by atoms with E-state index >= 15 is 0 Å². The Morgan fingerprint density at radius 1 is 1.26 bits per heavy atom. The van der Waals surface area contributed by atoms with E-state index in [1.54, 1.807) is 19.0 Å². The van der Waals surface area contributed by atoms with Crippen molar-refractivity contribution >= 4 is 6.03 Å². The summed E-state index contributed by atoms with van der Waals surface area (Å²) in [5, 5.41) is 0. The minimum Gasteiger partial charge on any atom is -0.331 e. The normalized spacial score (nSPS) is 18.2. The molecular formula is C14H22N4O. The average Bonchev–Trinajstić information content (AvgIpc) is 2.46. The van der Waals surface area contributed by atoms with Crippen molar-refractivity contribution < 1.29 is 4.79 Å². The third kappa shape index (κ3) is 3.23. The summed E-state index contributed by atoms with van der Waals surface area (Å²) < 4.78 is 0. The predicted molar refractivity (Wildman–Crippen MR) is 74.9 cm³/mol. The van der Waals surface area contributed by atoms with E-state index in [-0.39, 0.29) is 6.03 Å². The largest absolute Gasteiger partial charge is 0.331 e. The van der Waals surface area contributed by atoms with Crippen LogP contribution in [0, 0.1) is 0 Å². The van der Waals surface area contributed by atoms with Gasteiger partial charge in [0.1, 0.15) is 0 Å². The molecule has 5 heteroatoms. The Morgan fingerprint density at radius 3 is 2.47 bits per heavy atom. The lowest BCUT2D eigenvalue weighted by Gasteiger charge is -2.38. The Bertz CT molecular complexity index is 413. The summed E-state index contributed by atoms with van der Waals surface area (Å²) in [5.41, 5.74) is 1.09. The number of rotatable bonds is 2. The topological polar surface area (TPSA) is 39.7 Å². The molecule has 5 nitrogen and oxygen atoms in total. The fraction of sp³-hybridized carbons (Fsp3) is 0.571. The summed E-state index contributed by atoms with van der Waals surface area (Å²) in [7, 11) is 3.59. The standard InChI is InChI=1S/C14H22N4O/c1-12(13-6-4-5-7-15-13)17-8-10-18(11-9-17)14(19)16(2)3/h4-7,12H,8-11H2,1-3H3. The van der Waals surface area contributed by atoms with Crippen LogP contribution in [0.5, 0.6) is 0 Å². The first-order chi connectivity index (χ1) is 9.09. The molecule has 1 aliphatic heterocycles. The molecule has 1 unspecified atom stereocenters. The minimum atomic E-state index is 0.102. The van der Waals surface area contributed by atoms with E-state index in [0.717, 1.165) is 31.9 Å². The van der Waals surface area contributed by atoms with Crippen LogP contribution in [-0.2, 0) is 0 Å². The SMILES string of the molecule is CC(c1ccccn1)N1CCN(C(=O)N(C)C)CC1. The molecule has 0 N–H and O–H groups in total. The Morgan fingerprint density at radius 2 is 1.95 bits per heavy atom. The molecule has 1 atom stereocenters. The molecular weight excluding hydrogens is 240 g/mol. The maximum atomic E-state index is 11.9. The van der Waals surface area contributed by atoms with E-state index < -0.39 is 0 Å². The number of carbonyl (C=O) groups excluding carboxylic acids is 1. The van der Waals surface area contributed by atoms with Gasteiger partial charge in [0.2, 0.25) is 0 Å². The molecule has 1 aliphatic rings. The zero-order valence-electron chi connectivity index (χ0n) is 11.9. The lowest BCUT2D eigenvalue weighted by Crippen LogP contribution is -2.51. The number of nitrogens with zero attached hydrogens (tertiary/aromatic N) is 4. The molecule has 104 valence electrons. The second kappa shape index (κ2) is 6.02. The van der Waals surface area contributed by atoms with Gasteiger partial charge in [-0.05, 0) is 19.1 Å². The second-order valence-electron chi connectivity index (χ2n) is 5.13. The lowest BCUT2D eigenvalue weighted by molar-refractivity contribution is 0.101. The zero-order valence-corrected chi connectivity index (χ0v) is 11.9. The first kappa shape index (κ1) is 13.8. The van der Waals surface area contributed by atoms with Crippen LogP contribution in [0.2, 0.25) is 0 Å². The van der Waals surface area contributed by atoms with Gasteiger partial charge in [-0.1, -0.05) is 6.07 Å². The third-order valence-electron chi connectivity index (χ3n) is 3.63. The minimum absolute atomic E-state index is 0.102. The van der Waals surface area contributed by atoms with Gasteiger partial charge in [-0.15, -0.1) is 0 Å². The predicted octanol–water partition coefficient (Wildman–Crippen LogP) is 1.44. The molecule has 1 aromatic rings. The molecule has 0 bridgehead atoms. The molecule has 2 amide bonds. The fourth-order valence-corrected chi connectivity index (χ4v) is 2.39. The van der Waals surface area contributed by atoms with E-state index in [2.05, 4.69) is 22.9 Å². The van der Waals surface area contributed by atoms with Gasteiger partial charge in [0, 0.05) is 52.5 Å². The van der Waals surface area contributed by atoms with Crippen LogP contribution in [0.25, 0.3) is 0 Å². The Kier molecular flexibility index (Phi) is 4.37. The van der Waals surface area contributed by atoms with Gasteiger partial charge in [-0.25, -0.2) is 4.79 Å². The van der Waals surface area contributed by atoms with Gasteiger partial charge in [0.25, 0.3) is 0 Å². The summed E-state index contributed by atoms with van der Waals surface area (Å²) >= 11 is 0.